The summed E-state index contributed by atoms with van der Waals surface area (Å²) >= 11 is 0. The highest BCUT2D eigenvalue weighted by atomic mass is 35.5. The lowest BCUT2D eigenvalue weighted by molar-refractivity contribution is 0.0950. The molecule has 0 spiro atoms. The topological polar surface area (TPSA) is 62.4 Å². The number of unbranched alkanes of at least 4 members (excludes halogenated alkanes) is 1. The van der Waals surface area contributed by atoms with Crippen molar-refractivity contribution in [2.24, 2.45) is 0 Å². The largest absolute Gasteiger partial charge is 0.496 e. The van der Waals surface area contributed by atoms with Crippen molar-refractivity contribution in [2.45, 2.75) is 51.0 Å². The Kier molecular flexibility index (Phi) is 15.4. The van der Waals surface area contributed by atoms with Crippen LogP contribution in [0.1, 0.15) is 55.3 Å². The second kappa shape index (κ2) is 16.0. The Morgan fingerprint density at radius 1 is 1.00 bits per heavy atom. The standard InChI is InChI=1S/C20H33N3O2.2ClH/c1-25-19-12-6-5-11-18(19)20(24)23-14-8-7-13-21-15-16-22-17-9-3-2-4-10-17;;/h5-6,11-12,17,21-22H,2-4,7-10,13-16H2,1H3,(H,23,24);2*1H. The van der Waals surface area contributed by atoms with Gasteiger partial charge in [0.1, 0.15) is 5.75 Å². The second-order valence-corrected chi connectivity index (χ2v) is 6.70. The predicted molar refractivity (Wildman–Crippen MR) is 117 cm³/mol. The summed E-state index contributed by atoms with van der Waals surface area (Å²) in [5, 5.41) is 10.1. The fourth-order valence-electron chi connectivity index (χ4n) is 3.30. The summed E-state index contributed by atoms with van der Waals surface area (Å²) in [5.41, 5.74) is 0.594. The van der Waals surface area contributed by atoms with Gasteiger partial charge in [0.05, 0.1) is 12.7 Å². The van der Waals surface area contributed by atoms with Gasteiger partial charge in [-0.2, -0.15) is 0 Å². The molecule has 5 nitrogen and oxygen atoms in total. The van der Waals surface area contributed by atoms with Gasteiger partial charge in [0.2, 0.25) is 0 Å². The van der Waals surface area contributed by atoms with Gasteiger partial charge in [0.25, 0.3) is 5.91 Å². The average Bonchev–Trinajstić information content (AvgIpc) is 2.67. The number of amides is 1. The van der Waals surface area contributed by atoms with Crippen LogP contribution >= 0.6 is 24.8 Å². The number of ether oxygens (including phenoxy) is 1. The van der Waals surface area contributed by atoms with E-state index in [4.69, 9.17) is 4.74 Å². The number of hydrogen-bond donors (Lipinski definition) is 3. The van der Waals surface area contributed by atoms with E-state index >= 15 is 0 Å². The van der Waals surface area contributed by atoms with Crippen LogP contribution in [0.25, 0.3) is 0 Å². The maximum Gasteiger partial charge on any atom is 0.255 e. The molecule has 3 N–H and O–H groups in total. The van der Waals surface area contributed by atoms with E-state index in [2.05, 4.69) is 16.0 Å². The van der Waals surface area contributed by atoms with Crippen LogP contribution in [0, 0.1) is 0 Å². The molecule has 0 aliphatic heterocycles. The van der Waals surface area contributed by atoms with Crippen molar-refractivity contribution in [3.8, 4) is 5.75 Å². The Balaban J connectivity index is 0.00000338. The van der Waals surface area contributed by atoms with Crippen molar-refractivity contribution in [2.75, 3.05) is 33.3 Å². The van der Waals surface area contributed by atoms with Crippen LogP contribution in [0.3, 0.4) is 0 Å². The Labute approximate surface area is 176 Å². The first-order valence-electron chi connectivity index (χ1n) is 9.66. The fraction of sp³-hybridized carbons (Fsp3) is 0.650. The number of rotatable bonds is 11. The number of para-hydroxylation sites is 1. The first-order chi connectivity index (χ1) is 12.3. The minimum Gasteiger partial charge on any atom is -0.496 e. The highest BCUT2D eigenvalue weighted by Gasteiger charge is 2.12. The molecule has 0 unspecified atom stereocenters. The van der Waals surface area contributed by atoms with E-state index in [1.807, 2.05) is 12.1 Å². The van der Waals surface area contributed by atoms with Crippen LogP contribution in [0.15, 0.2) is 24.3 Å². The number of hydrogen-bond acceptors (Lipinski definition) is 4. The summed E-state index contributed by atoms with van der Waals surface area (Å²) in [6.07, 6.45) is 8.89. The van der Waals surface area contributed by atoms with Gasteiger partial charge in [-0.25, -0.2) is 0 Å². The summed E-state index contributed by atoms with van der Waals surface area (Å²) < 4.78 is 5.22. The van der Waals surface area contributed by atoms with E-state index in [0.29, 0.717) is 17.9 Å². The molecule has 156 valence electrons. The SMILES string of the molecule is COc1ccccc1C(=O)NCCCCNCCNC1CCCCC1.Cl.Cl. The zero-order valence-corrected chi connectivity index (χ0v) is 17.9. The third-order valence-electron chi connectivity index (χ3n) is 4.76. The van der Waals surface area contributed by atoms with Gasteiger partial charge in [0.15, 0.2) is 0 Å². The van der Waals surface area contributed by atoms with E-state index in [-0.39, 0.29) is 30.7 Å². The predicted octanol–water partition coefficient (Wildman–Crippen LogP) is 3.56. The van der Waals surface area contributed by atoms with Crippen LogP contribution in [-0.2, 0) is 0 Å². The van der Waals surface area contributed by atoms with Crippen LogP contribution in [0.5, 0.6) is 5.75 Å². The summed E-state index contributed by atoms with van der Waals surface area (Å²) in [4.78, 5) is 12.1. The number of halogens is 2. The van der Waals surface area contributed by atoms with Gasteiger partial charge in [-0.3, -0.25) is 4.79 Å². The minimum atomic E-state index is -0.0675. The quantitative estimate of drug-likeness (QED) is 0.479. The smallest absolute Gasteiger partial charge is 0.255 e. The van der Waals surface area contributed by atoms with Crippen LogP contribution in [0.4, 0.5) is 0 Å². The molecule has 0 radical (unpaired) electrons. The number of carbonyl (C=O) groups excluding carboxylic acids is 1. The van der Waals surface area contributed by atoms with Crippen molar-refractivity contribution in [3.63, 3.8) is 0 Å². The zero-order chi connectivity index (χ0) is 17.7. The molecule has 0 heterocycles. The normalized spacial score (nSPS) is 14.0. The summed E-state index contributed by atoms with van der Waals surface area (Å²) in [7, 11) is 1.58. The highest BCUT2D eigenvalue weighted by molar-refractivity contribution is 5.96. The average molecular weight is 420 g/mol. The minimum absolute atomic E-state index is 0. The van der Waals surface area contributed by atoms with Gasteiger partial charge >= 0.3 is 0 Å². The highest BCUT2D eigenvalue weighted by Crippen LogP contribution is 2.17. The molecule has 1 aliphatic rings. The monoisotopic (exact) mass is 419 g/mol. The third-order valence-corrected chi connectivity index (χ3v) is 4.76. The Hall–Kier alpha value is -1.01. The lowest BCUT2D eigenvalue weighted by Gasteiger charge is -2.22. The van der Waals surface area contributed by atoms with Gasteiger partial charge in [-0.05, 0) is 44.4 Å². The molecular weight excluding hydrogens is 385 g/mol. The lowest BCUT2D eigenvalue weighted by atomic mass is 9.95. The van der Waals surface area contributed by atoms with Crippen molar-refractivity contribution >= 4 is 30.7 Å². The third kappa shape index (κ3) is 10.2. The molecular formula is C20H35Cl2N3O2. The second-order valence-electron chi connectivity index (χ2n) is 6.70. The van der Waals surface area contributed by atoms with Crippen molar-refractivity contribution in [1.29, 1.82) is 0 Å². The Morgan fingerprint density at radius 3 is 2.44 bits per heavy atom. The van der Waals surface area contributed by atoms with E-state index in [9.17, 15) is 4.79 Å². The molecule has 2 rings (SSSR count). The number of carbonyl (C=O) groups is 1. The summed E-state index contributed by atoms with van der Waals surface area (Å²) in [5.74, 6) is 0.550. The maximum atomic E-state index is 12.1. The molecule has 1 saturated carbocycles. The van der Waals surface area contributed by atoms with E-state index in [0.717, 1.165) is 38.5 Å². The van der Waals surface area contributed by atoms with Gasteiger partial charge in [0, 0.05) is 25.7 Å². The molecule has 0 bridgehead atoms. The van der Waals surface area contributed by atoms with E-state index in [1.54, 1.807) is 19.2 Å². The van der Waals surface area contributed by atoms with E-state index in [1.165, 1.54) is 32.1 Å². The van der Waals surface area contributed by atoms with Gasteiger partial charge in [-0.15, -0.1) is 24.8 Å². The molecule has 1 aliphatic carbocycles. The summed E-state index contributed by atoms with van der Waals surface area (Å²) in [6, 6.07) is 8.04. The van der Waals surface area contributed by atoms with Crippen LogP contribution in [0.2, 0.25) is 0 Å². The summed E-state index contributed by atoms with van der Waals surface area (Å²) in [6.45, 7) is 3.76. The number of benzene rings is 1. The first-order valence-corrected chi connectivity index (χ1v) is 9.66. The molecule has 7 heteroatoms. The molecule has 0 saturated heterocycles. The molecule has 0 aromatic heterocycles. The molecule has 1 aromatic carbocycles. The fourth-order valence-corrected chi connectivity index (χ4v) is 3.30. The Bertz CT molecular complexity index is 512. The number of methoxy groups -OCH3 is 1. The lowest BCUT2D eigenvalue weighted by Crippen LogP contribution is -2.36. The van der Waals surface area contributed by atoms with Gasteiger partial charge < -0.3 is 20.7 Å². The van der Waals surface area contributed by atoms with Crippen molar-refractivity contribution < 1.29 is 9.53 Å². The van der Waals surface area contributed by atoms with Crippen molar-refractivity contribution in [1.82, 2.24) is 16.0 Å². The molecule has 27 heavy (non-hydrogen) atoms. The zero-order valence-electron chi connectivity index (χ0n) is 16.3. The van der Waals surface area contributed by atoms with Crippen LogP contribution in [-0.4, -0.2) is 45.2 Å². The maximum absolute atomic E-state index is 12.1. The molecule has 1 fully saturated rings. The van der Waals surface area contributed by atoms with Crippen LogP contribution < -0.4 is 20.7 Å². The molecule has 1 aromatic rings. The Morgan fingerprint density at radius 2 is 1.70 bits per heavy atom. The number of nitrogens with one attached hydrogen (secondary N) is 3. The van der Waals surface area contributed by atoms with Gasteiger partial charge in [-0.1, -0.05) is 31.4 Å². The van der Waals surface area contributed by atoms with E-state index < -0.39 is 0 Å². The van der Waals surface area contributed by atoms with Crippen molar-refractivity contribution in [3.05, 3.63) is 29.8 Å². The first kappa shape index (κ1) is 26.0. The molecule has 0 atom stereocenters. The molecule has 1 amide bonds.